The minimum absolute atomic E-state index is 0.000149. The molecule has 0 radical (unpaired) electrons. The molecule has 0 unspecified atom stereocenters. The summed E-state index contributed by atoms with van der Waals surface area (Å²) < 4.78 is 27.0. The van der Waals surface area contributed by atoms with Crippen molar-refractivity contribution in [3.8, 4) is 0 Å². The lowest BCUT2D eigenvalue weighted by molar-refractivity contribution is -0.125. The highest BCUT2D eigenvalue weighted by Crippen LogP contribution is 2.23. The van der Waals surface area contributed by atoms with Crippen molar-refractivity contribution < 1.29 is 22.8 Å². The number of carbonyl (C=O) groups is 3. The highest BCUT2D eigenvalue weighted by molar-refractivity contribution is 7.90. The molecule has 3 rings (SSSR count). The Kier molecular flexibility index (Phi) is 7.53. The van der Waals surface area contributed by atoms with Crippen molar-refractivity contribution in [2.45, 2.75) is 62.8 Å². The fraction of sp³-hybridized carbons (Fsp3) is 0.571. The van der Waals surface area contributed by atoms with E-state index >= 15 is 0 Å². The molecule has 1 aromatic carbocycles. The highest BCUT2D eigenvalue weighted by atomic mass is 32.2. The number of urea groups is 2. The van der Waals surface area contributed by atoms with Crippen LogP contribution in [0.1, 0.15) is 51.0 Å². The van der Waals surface area contributed by atoms with Crippen molar-refractivity contribution in [2.75, 3.05) is 13.1 Å². The van der Waals surface area contributed by atoms with Crippen LogP contribution in [-0.2, 0) is 21.2 Å². The van der Waals surface area contributed by atoms with Gasteiger partial charge in [-0.1, -0.05) is 19.1 Å². The van der Waals surface area contributed by atoms with Gasteiger partial charge in [0.05, 0.1) is 4.90 Å². The zero-order valence-electron chi connectivity index (χ0n) is 17.7. The van der Waals surface area contributed by atoms with Crippen LogP contribution in [0.2, 0.25) is 0 Å². The lowest BCUT2D eigenvalue weighted by atomic mass is 9.87. The average Bonchev–Trinajstić information content (AvgIpc) is 3.15. The maximum atomic E-state index is 12.5. The summed E-state index contributed by atoms with van der Waals surface area (Å²) in [6.07, 6.45) is 5.32. The van der Waals surface area contributed by atoms with Crippen LogP contribution in [0.4, 0.5) is 9.59 Å². The number of likely N-dealkylation sites (tertiary alicyclic amines) is 1. The Bertz CT molecular complexity index is 908. The molecule has 1 aliphatic heterocycles. The standard InChI is InChI=1S/C21H30N4O5S/c1-15-4-8-17(9-5-15)23-20(27)24-31(29,30)18-10-6-16(7-11-18)12-13-22-21(28)25-14-2-3-19(25)26/h6-7,10-11,15,17H,2-5,8-9,12-14H2,1H3,(H,22,28)(H2,23,24,27). The topological polar surface area (TPSA) is 125 Å². The third kappa shape index (κ3) is 6.43. The number of rotatable bonds is 6. The number of nitrogens with zero attached hydrogens (tertiary/aromatic N) is 1. The van der Waals surface area contributed by atoms with E-state index in [0.717, 1.165) is 31.2 Å². The van der Waals surface area contributed by atoms with Gasteiger partial charge in [-0.25, -0.2) is 22.7 Å². The summed E-state index contributed by atoms with van der Waals surface area (Å²) in [6.45, 7) is 2.94. The molecule has 2 aliphatic rings. The van der Waals surface area contributed by atoms with Crippen LogP contribution in [0.3, 0.4) is 0 Å². The van der Waals surface area contributed by atoms with E-state index < -0.39 is 22.1 Å². The van der Waals surface area contributed by atoms with Gasteiger partial charge in [0.1, 0.15) is 0 Å². The van der Waals surface area contributed by atoms with Gasteiger partial charge in [-0.05, 0) is 62.1 Å². The number of amides is 5. The number of carbonyl (C=O) groups excluding carboxylic acids is 3. The van der Waals surface area contributed by atoms with Crippen LogP contribution in [0.5, 0.6) is 0 Å². The number of sulfonamides is 1. The summed E-state index contributed by atoms with van der Waals surface area (Å²) in [5.41, 5.74) is 0.827. The molecular formula is C21H30N4O5S. The summed E-state index contributed by atoms with van der Waals surface area (Å²) in [4.78, 5) is 36.8. The van der Waals surface area contributed by atoms with Crippen molar-refractivity contribution in [2.24, 2.45) is 5.92 Å². The van der Waals surface area contributed by atoms with Crippen molar-refractivity contribution in [3.63, 3.8) is 0 Å². The molecule has 1 heterocycles. The van der Waals surface area contributed by atoms with Crippen LogP contribution < -0.4 is 15.4 Å². The first-order valence-electron chi connectivity index (χ1n) is 10.7. The first kappa shape index (κ1) is 23.1. The second-order valence-electron chi connectivity index (χ2n) is 8.31. The Labute approximate surface area is 183 Å². The van der Waals surface area contributed by atoms with E-state index in [4.69, 9.17) is 0 Å². The molecule has 5 amide bonds. The summed E-state index contributed by atoms with van der Waals surface area (Å²) in [6, 6.07) is 5.04. The first-order chi connectivity index (χ1) is 14.7. The average molecular weight is 451 g/mol. The summed E-state index contributed by atoms with van der Waals surface area (Å²) in [7, 11) is -3.96. The second kappa shape index (κ2) is 10.1. The predicted octanol–water partition coefficient (Wildman–Crippen LogP) is 2.13. The monoisotopic (exact) mass is 450 g/mol. The summed E-state index contributed by atoms with van der Waals surface area (Å²) in [5.74, 6) is 0.473. The summed E-state index contributed by atoms with van der Waals surface area (Å²) in [5, 5.41) is 5.44. The van der Waals surface area contributed by atoms with Gasteiger partial charge in [0.2, 0.25) is 5.91 Å². The van der Waals surface area contributed by atoms with Crippen molar-refractivity contribution in [3.05, 3.63) is 29.8 Å². The van der Waals surface area contributed by atoms with Gasteiger partial charge >= 0.3 is 12.1 Å². The van der Waals surface area contributed by atoms with Gasteiger partial charge in [-0.3, -0.25) is 9.69 Å². The van der Waals surface area contributed by atoms with Gasteiger partial charge in [0.15, 0.2) is 0 Å². The third-order valence-electron chi connectivity index (χ3n) is 5.82. The van der Waals surface area contributed by atoms with Gasteiger partial charge in [0.25, 0.3) is 10.0 Å². The molecule has 0 aromatic heterocycles. The largest absolute Gasteiger partial charge is 0.337 e. The van der Waals surface area contributed by atoms with Crippen molar-refractivity contribution in [1.82, 2.24) is 20.3 Å². The van der Waals surface area contributed by atoms with Crippen LogP contribution in [0.15, 0.2) is 29.2 Å². The molecular weight excluding hydrogens is 420 g/mol. The minimum atomic E-state index is -3.96. The highest BCUT2D eigenvalue weighted by Gasteiger charge is 2.26. The molecule has 1 aromatic rings. The molecule has 3 N–H and O–H groups in total. The number of benzene rings is 1. The number of hydrogen-bond donors (Lipinski definition) is 3. The minimum Gasteiger partial charge on any atom is -0.337 e. The quantitative estimate of drug-likeness (QED) is 0.612. The first-order valence-corrected chi connectivity index (χ1v) is 12.2. The Hall–Kier alpha value is -2.62. The lowest BCUT2D eigenvalue weighted by Crippen LogP contribution is -2.45. The van der Waals surface area contributed by atoms with Crippen LogP contribution in [-0.4, -0.2) is 50.4 Å². The smallest absolute Gasteiger partial charge is 0.328 e. The lowest BCUT2D eigenvalue weighted by Gasteiger charge is -2.26. The zero-order chi connectivity index (χ0) is 22.4. The Balaban J connectivity index is 1.46. The molecule has 1 aliphatic carbocycles. The molecule has 1 saturated heterocycles. The van der Waals surface area contributed by atoms with Crippen molar-refractivity contribution >= 4 is 28.0 Å². The number of imide groups is 1. The van der Waals surface area contributed by atoms with E-state index in [9.17, 15) is 22.8 Å². The fourth-order valence-corrected chi connectivity index (χ4v) is 4.82. The van der Waals surface area contributed by atoms with Crippen molar-refractivity contribution in [1.29, 1.82) is 0 Å². The second-order valence-corrected chi connectivity index (χ2v) is 9.99. The van der Waals surface area contributed by atoms with Gasteiger partial charge in [-0.2, -0.15) is 0 Å². The Morgan fingerprint density at radius 1 is 1.10 bits per heavy atom. The van der Waals surface area contributed by atoms with Gasteiger partial charge in [0, 0.05) is 25.6 Å². The number of nitrogens with one attached hydrogen (secondary N) is 3. The molecule has 170 valence electrons. The molecule has 9 nitrogen and oxygen atoms in total. The number of hydrogen-bond acceptors (Lipinski definition) is 5. The third-order valence-corrected chi connectivity index (χ3v) is 7.17. The van der Waals surface area contributed by atoms with E-state index in [1.807, 2.05) is 0 Å². The maximum absolute atomic E-state index is 12.5. The summed E-state index contributed by atoms with van der Waals surface area (Å²) >= 11 is 0. The van der Waals surface area contributed by atoms with Crippen LogP contribution in [0.25, 0.3) is 0 Å². The van der Waals surface area contributed by atoms with Crippen LogP contribution >= 0.6 is 0 Å². The molecule has 10 heteroatoms. The van der Waals surface area contributed by atoms with E-state index in [1.165, 1.54) is 17.0 Å². The molecule has 1 saturated carbocycles. The molecule has 0 spiro atoms. The van der Waals surface area contributed by atoms with Crippen LogP contribution in [0, 0.1) is 5.92 Å². The van der Waals surface area contributed by atoms with E-state index in [-0.39, 0.29) is 16.8 Å². The van der Waals surface area contributed by atoms with E-state index in [2.05, 4.69) is 22.3 Å². The molecule has 0 bridgehead atoms. The fourth-order valence-electron chi connectivity index (χ4n) is 3.91. The normalized spacial score (nSPS) is 21.6. The van der Waals surface area contributed by atoms with E-state index in [1.54, 1.807) is 12.1 Å². The predicted molar refractivity (Wildman–Crippen MR) is 115 cm³/mol. The molecule has 2 fully saturated rings. The Morgan fingerprint density at radius 2 is 1.77 bits per heavy atom. The molecule has 31 heavy (non-hydrogen) atoms. The molecule has 0 atom stereocenters. The van der Waals surface area contributed by atoms with Gasteiger partial charge < -0.3 is 10.6 Å². The maximum Gasteiger partial charge on any atom is 0.328 e. The Morgan fingerprint density at radius 3 is 2.39 bits per heavy atom. The zero-order valence-corrected chi connectivity index (χ0v) is 18.5. The van der Waals surface area contributed by atoms with Gasteiger partial charge in [-0.15, -0.1) is 0 Å². The van der Waals surface area contributed by atoms with E-state index in [0.29, 0.717) is 38.3 Å². The SMILES string of the molecule is CC1CCC(NC(=O)NS(=O)(=O)c2ccc(CCNC(=O)N3CCCC3=O)cc2)CC1.